The maximum atomic E-state index is 12.6. The van der Waals surface area contributed by atoms with Crippen molar-refractivity contribution in [3.63, 3.8) is 0 Å². The minimum absolute atomic E-state index is 0.0245. The summed E-state index contributed by atoms with van der Waals surface area (Å²) in [5.41, 5.74) is 0.498. The number of halogens is 1. The van der Waals surface area contributed by atoms with Crippen LogP contribution in [0.1, 0.15) is 32.6 Å². The molecule has 1 aliphatic heterocycles. The third-order valence-corrected chi connectivity index (χ3v) is 5.49. The lowest BCUT2D eigenvalue weighted by Crippen LogP contribution is -2.45. The molecular weight excluding hydrogens is 358 g/mol. The lowest BCUT2D eigenvalue weighted by molar-refractivity contribution is -0.133. The molecule has 26 heavy (non-hydrogen) atoms. The fourth-order valence-corrected chi connectivity index (χ4v) is 3.62. The first-order chi connectivity index (χ1) is 12.4. The van der Waals surface area contributed by atoms with E-state index in [0.29, 0.717) is 11.1 Å². The van der Waals surface area contributed by atoms with Gasteiger partial charge in [-0.1, -0.05) is 16.7 Å². The Hall–Kier alpha value is -2.35. The smallest absolute Gasteiger partial charge is 0.316 e. The van der Waals surface area contributed by atoms with Crippen molar-refractivity contribution in [1.29, 1.82) is 0 Å². The van der Waals surface area contributed by atoms with Gasteiger partial charge in [0, 0.05) is 24.2 Å². The molecule has 1 saturated heterocycles. The zero-order chi connectivity index (χ0) is 18.3. The number of aromatic amines is 1. The molecule has 2 aromatic rings. The monoisotopic (exact) mass is 377 g/mol. The summed E-state index contributed by atoms with van der Waals surface area (Å²) in [4.78, 5) is 28.6. The highest BCUT2D eigenvalue weighted by molar-refractivity contribution is 6.30. The third-order valence-electron chi connectivity index (χ3n) is 5.27. The van der Waals surface area contributed by atoms with Crippen LogP contribution in [0.15, 0.2) is 21.3 Å². The Balaban J connectivity index is 1.40. The maximum absolute atomic E-state index is 12.6. The van der Waals surface area contributed by atoms with Crippen LogP contribution < -0.4 is 10.9 Å². The Bertz CT molecular complexity index is 879. The number of H-pyrrole nitrogens is 1. The molecule has 9 heteroatoms. The highest BCUT2D eigenvalue weighted by Gasteiger charge is 2.45. The first-order valence-electron chi connectivity index (χ1n) is 8.73. The zero-order valence-electron chi connectivity index (χ0n) is 14.4. The Labute approximate surface area is 154 Å². The highest BCUT2D eigenvalue weighted by atomic mass is 35.5. The molecule has 0 bridgehead atoms. The van der Waals surface area contributed by atoms with Crippen LogP contribution in [-0.4, -0.2) is 45.1 Å². The minimum Gasteiger partial charge on any atom is -0.402 e. The number of aromatic nitrogens is 3. The van der Waals surface area contributed by atoms with Crippen molar-refractivity contribution in [3.05, 3.63) is 27.5 Å². The Morgan fingerprint density at radius 3 is 2.69 bits per heavy atom. The van der Waals surface area contributed by atoms with Crippen molar-refractivity contribution >= 4 is 23.5 Å². The second kappa shape index (κ2) is 6.42. The number of likely N-dealkylation sites (tertiary alicyclic amines) is 1. The van der Waals surface area contributed by atoms with Crippen molar-refractivity contribution in [2.24, 2.45) is 5.41 Å². The fraction of sp³-hybridized carbons (Fsp3) is 0.529. The third kappa shape index (κ3) is 3.46. The van der Waals surface area contributed by atoms with E-state index in [0.717, 1.165) is 25.9 Å². The number of hydrogen-bond donors (Lipinski definition) is 2. The second-order valence-electron chi connectivity index (χ2n) is 7.18. The SMILES string of the molecule is C[C@H](Nc1nnc(-c2cc(Cl)cc(=O)[nH]2)o1)C(=O)N1CCC2(CC1)CC2. The van der Waals surface area contributed by atoms with Crippen LogP contribution in [0, 0.1) is 5.41 Å². The van der Waals surface area contributed by atoms with Crippen molar-refractivity contribution < 1.29 is 9.21 Å². The van der Waals surface area contributed by atoms with Crippen LogP contribution >= 0.6 is 11.6 Å². The van der Waals surface area contributed by atoms with E-state index in [1.54, 1.807) is 6.92 Å². The highest BCUT2D eigenvalue weighted by Crippen LogP contribution is 2.53. The first kappa shape index (κ1) is 17.1. The van der Waals surface area contributed by atoms with Gasteiger partial charge in [0.15, 0.2) is 0 Å². The molecule has 2 aliphatic rings. The molecule has 2 aromatic heterocycles. The number of anilines is 1. The van der Waals surface area contributed by atoms with Crippen molar-refractivity contribution in [2.75, 3.05) is 18.4 Å². The van der Waals surface area contributed by atoms with E-state index in [4.69, 9.17) is 16.0 Å². The van der Waals surface area contributed by atoms with E-state index >= 15 is 0 Å². The standard InChI is InChI=1S/C17H20ClN5O3/c1-10(15(25)23-6-4-17(2-3-17)5-7-23)19-16-22-21-14(26-16)12-8-11(18)9-13(24)20-12/h8-10H,2-7H2,1H3,(H,19,22)(H,20,24)/t10-/m0/s1. The van der Waals surface area contributed by atoms with Gasteiger partial charge in [0.1, 0.15) is 11.7 Å². The lowest BCUT2D eigenvalue weighted by atomic mass is 9.93. The van der Waals surface area contributed by atoms with Crippen LogP contribution in [0.3, 0.4) is 0 Å². The van der Waals surface area contributed by atoms with Gasteiger partial charge in [-0.15, -0.1) is 5.10 Å². The van der Waals surface area contributed by atoms with Crippen LogP contribution in [0.5, 0.6) is 0 Å². The molecule has 138 valence electrons. The topological polar surface area (TPSA) is 104 Å². The molecule has 2 N–H and O–H groups in total. The number of pyridine rings is 1. The minimum atomic E-state index is -0.477. The van der Waals surface area contributed by atoms with Crippen LogP contribution in [0.25, 0.3) is 11.6 Å². The Kier molecular flexibility index (Phi) is 4.22. The number of amides is 1. The summed E-state index contributed by atoms with van der Waals surface area (Å²) in [6.07, 6.45) is 4.80. The number of carbonyl (C=O) groups excluding carboxylic acids is 1. The molecule has 1 amide bonds. The van der Waals surface area contributed by atoms with Gasteiger partial charge < -0.3 is 19.6 Å². The van der Waals surface area contributed by atoms with Gasteiger partial charge in [0.2, 0.25) is 11.5 Å². The van der Waals surface area contributed by atoms with E-state index in [1.807, 2.05) is 4.90 Å². The van der Waals surface area contributed by atoms with Gasteiger partial charge >= 0.3 is 6.01 Å². The van der Waals surface area contributed by atoms with Gasteiger partial charge in [-0.2, -0.15) is 0 Å². The molecule has 8 nitrogen and oxygen atoms in total. The molecule has 1 aliphatic carbocycles. The largest absolute Gasteiger partial charge is 0.402 e. The predicted octanol–water partition coefficient (Wildman–Crippen LogP) is 2.28. The Morgan fingerprint density at radius 1 is 1.31 bits per heavy atom. The van der Waals surface area contributed by atoms with Gasteiger partial charge in [0.05, 0.1) is 0 Å². The van der Waals surface area contributed by atoms with Crippen LogP contribution in [-0.2, 0) is 4.79 Å². The molecule has 4 rings (SSSR count). The molecule has 1 spiro atoms. The summed E-state index contributed by atoms with van der Waals surface area (Å²) in [6.45, 7) is 3.39. The van der Waals surface area contributed by atoms with E-state index in [2.05, 4.69) is 20.5 Å². The van der Waals surface area contributed by atoms with E-state index in [1.165, 1.54) is 25.0 Å². The number of nitrogens with one attached hydrogen (secondary N) is 2. The second-order valence-corrected chi connectivity index (χ2v) is 7.62. The first-order valence-corrected chi connectivity index (χ1v) is 9.11. The summed E-state index contributed by atoms with van der Waals surface area (Å²) in [5, 5.41) is 11.0. The molecule has 0 aromatic carbocycles. The van der Waals surface area contributed by atoms with Crippen molar-refractivity contribution in [1.82, 2.24) is 20.1 Å². The van der Waals surface area contributed by atoms with Crippen molar-refractivity contribution in [2.45, 2.75) is 38.6 Å². The Morgan fingerprint density at radius 2 is 2.04 bits per heavy atom. The van der Waals surface area contributed by atoms with Gasteiger partial charge in [-0.05, 0) is 44.1 Å². The summed E-state index contributed by atoms with van der Waals surface area (Å²) in [7, 11) is 0. The fourth-order valence-electron chi connectivity index (χ4n) is 3.41. The number of nitrogens with zero attached hydrogens (tertiary/aromatic N) is 3. The average Bonchev–Trinajstić information content (AvgIpc) is 3.19. The van der Waals surface area contributed by atoms with Gasteiger partial charge in [0.25, 0.3) is 5.89 Å². The molecular formula is C17H20ClN5O3. The molecule has 2 fully saturated rings. The number of piperidine rings is 1. The quantitative estimate of drug-likeness (QED) is 0.847. The summed E-state index contributed by atoms with van der Waals surface area (Å²) >= 11 is 5.87. The molecule has 0 radical (unpaired) electrons. The number of rotatable bonds is 4. The summed E-state index contributed by atoms with van der Waals surface area (Å²) in [6, 6.07) is 2.43. The maximum Gasteiger partial charge on any atom is 0.316 e. The summed E-state index contributed by atoms with van der Waals surface area (Å²) < 4.78 is 5.50. The molecule has 0 unspecified atom stereocenters. The number of carbonyl (C=O) groups is 1. The van der Waals surface area contributed by atoms with E-state index in [-0.39, 0.29) is 28.4 Å². The molecule has 1 saturated carbocycles. The number of hydrogen-bond acceptors (Lipinski definition) is 6. The van der Waals surface area contributed by atoms with Crippen molar-refractivity contribution in [3.8, 4) is 11.6 Å². The van der Waals surface area contributed by atoms with Crippen LogP contribution in [0.2, 0.25) is 5.02 Å². The van der Waals surface area contributed by atoms with Crippen LogP contribution in [0.4, 0.5) is 6.01 Å². The van der Waals surface area contributed by atoms with Gasteiger partial charge in [-0.3, -0.25) is 9.59 Å². The normalized spacial score (nSPS) is 19.4. The van der Waals surface area contributed by atoms with Gasteiger partial charge in [-0.25, -0.2) is 0 Å². The molecule has 3 heterocycles. The molecule has 1 atom stereocenters. The zero-order valence-corrected chi connectivity index (χ0v) is 15.2. The lowest BCUT2D eigenvalue weighted by Gasteiger charge is -2.33. The summed E-state index contributed by atoms with van der Waals surface area (Å²) in [5.74, 6) is 0.150. The predicted molar refractivity (Wildman–Crippen MR) is 95.9 cm³/mol. The van der Waals surface area contributed by atoms with E-state index < -0.39 is 6.04 Å². The van der Waals surface area contributed by atoms with E-state index in [9.17, 15) is 9.59 Å². The average molecular weight is 378 g/mol.